The number of hydrogen-bond donors (Lipinski definition) is 4. The predicted molar refractivity (Wildman–Crippen MR) is 152 cm³/mol. The molecular formula is C32H26N4O. The highest BCUT2D eigenvalue weighted by Crippen LogP contribution is 2.65. The van der Waals surface area contributed by atoms with E-state index in [1.165, 1.54) is 0 Å². The Morgan fingerprint density at radius 2 is 1.00 bits per heavy atom. The molecule has 0 fully saturated rings. The first-order valence-electron chi connectivity index (χ1n) is 12.2. The monoisotopic (exact) mass is 482 g/mol. The molecule has 37 heavy (non-hydrogen) atoms. The van der Waals surface area contributed by atoms with E-state index in [9.17, 15) is 0 Å². The van der Waals surface area contributed by atoms with Crippen molar-refractivity contribution in [3.63, 3.8) is 0 Å². The van der Waals surface area contributed by atoms with Gasteiger partial charge in [-0.25, -0.2) is 0 Å². The molecule has 0 unspecified atom stereocenters. The maximum absolute atomic E-state index is 6.81. The van der Waals surface area contributed by atoms with Crippen molar-refractivity contribution in [1.29, 1.82) is 0 Å². The third-order valence-corrected chi connectivity index (χ3v) is 7.91. The van der Waals surface area contributed by atoms with Crippen molar-refractivity contribution in [1.82, 2.24) is 0 Å². The summed E-state index contributed by atoms with van der Waals surface area (Å²) in [5, 5.41) is 0. The van der Waals surface area contributed by atoms with Gasteiger partial charge in [-0.2, -0.15) is 0 Å². The van der Waals surface area contributed by atoms with Crippen molar-refractivity contribution in [2.45, 2.75) is 5.41 Å². The van der Waals surface area contributed by atoms with Gasteiger partial charge in [0.15, 0.2) is 0 Å². The molecular weight excluding hydrogens is 456 g/mol. The van der Waals surface area contributed by atoms with Gasteiger partial charge in [-0.1, -0.05) is 36.4 Å². The van der Waals surface area contributed by atoms with Crippen LogP contribution in [-0.4, -0.2) is 7.11 Å². The first-order chi connectivity index (χ1) is 17.9. The molecule has 5 heteroatoms. The number of rotatable bonds is 2. The van der Waals surface area contributed by atoms with Crippen LogP contribution in [0.25, 0.3) is 33.4 Å². The van der Waals surface area contributed by atoms with Crippen LogP contribution in [0.3, 0.4) is 0 Å². The second kappa shape index (κ2) is 7.31. The highest BCUT2D eigenvalue weighted by Gasteiger charge is 2.53. The predicted octanol–water partition coefficient (Wildman–Crippen LogP) is 6.03. The van der Waals surface area contributed by atoms with Crippen LogP contribution < -0.4 is 27.7 Å². The molecule has 7 rings (SSSR count). The highest BCUT2D eigenvalue weighted by atomic mass is 16.5. The molecule has 0 amide bonds. The second-order valence-electron chi connectivity index (χ2n) is 9.85. The van der Waals surface area contributed by atoms with Crippen LogP contribution in [0.1, 0.15) is 22.3 Å². The Hall–Kier alpha value is -4.90. The second-order valence-corrected chi connectivity index (χ2v) is 9.85. The third-order valence-electron chi connectivity index (χ3n) is 7.91. The molecule has 180 valence electrons. The molecule has 0 atom stereocenters. The van der Waals surface area contributed by atoms with Gasteiger partial charge >= 0.3 is 0 Å². The minimum absolute atomic E-state index is 0.680. The molecule has 5 aromatic rings. The van der Waals surface area contributed by atoms with Gasteiger partial charge in [-0.15, -0.1) is 0 Å². The largest absolute Gasteiger partial charge is 0.497 e. The van der Waals surface area contributed by atoms with Gasteiger partial charge in [0.05, 0.1) is 12.5 Å². The lowest BCUT2D eigenvalue weighted by Gasteiger charge is -2.33. The molecule has 0 saturated carbocycles. The maximum Gasteiger partial charge on any atom is 0.118 e. The average Bonchev–Trinajstić information content (AvgIpc) is 3.34. The normalized spacial score (nSPS) is 13.6. The highest BCUT2D eigenvalue weighted by molar-refractivity contribution is 6.02. The Morgan fingerprint density at radius 1 is 0.541 bits per heavy atom. The summed E-state index contributed by atoms with van der Waals surface area (Å²) in [6.07, 6.45) is 0. The van der Waals surface area contributed by atoms with Gasteiger partial charge in [0, 0.05) is 28.3 Å². The van der Waals surface area contributed by atoms with Crippen molar-refractivity contribution in [2.24, 2.45) is 0 Å². The van der Waals surface area contributed by atoms with E-state index in [-0.39, 0.29) is 0 Å². The Balaban J connectivity index is 1.70. The summed E-state index contributed by atoms with van der Waals surface area (Å²) in [5.41, 5.74) is 39.2. The number of hydrogen-bond acceptors (Lipinski definition) is 5. The lowest BCUT2D eigenvalue weighted by molar-refractivity contribution is 0.415. The Kier molecular flexibility index (Phi) is 4.22. The van der Waals surface area contributed by atoms with Crippen LogP contribution in [-0.2, 0) is 5.41 Å². The molecule has 0 heterocycles. The Bertz CT molecular complexity index is 1680. The summed E-state index contributed by atoms with van der Waals surface area (Å²) in [5.74, 6) is 0.790. The smallest absolute Gasteiger partial charge is 0.118 e. The van der Waals surface area contributed by atoms with E-state index >= 15 is 0 Å². The minimum atomic E-state index is -0.680. The quantitative estimate of drug-likeness (QED) is 0.225. The summed E-state index contributed by atoms with van der Waals surface area (Å²) >= 11 is 0. The summed E-state index contributed by atoms with van der Waals surface area (Å²) in [7, 11) is 1.67. The molecule has 2 aliphatic rings. The summed E-state index contributed by atoms with van der Waals surface area (Å²) in [4.78, 5) is 0. The van der Waals surface area contributed by atoms with Crippen LogP contribution in [0.4, 0.5) is 22.7 Å². The topological polar surface area (TPSA) is 113 Å². The third kappa shape index (κ3) is 2.68. The molecule has 0 aliphatic heterocycles. The zero-order valence-corrected chi connectivity index (χ0v) is 20.4. The molecule has 1 spiro atoms. The molecule has 5 aromatic carbocycles. The molecule has 0 radical (unpaired) electrons. The fourth-order valence-electron chi connectivity index (χ4n) is 6.46. The number of nitrogen functional groups attached to an aromatic ring is 4. The van der Waals surface area contributed by atoms with E-state index in [1.54, 1.807) is 7.11 Å². The SMILES string of the molecule is COc1ccc(-c2c(N)ccc3c2C2(c4cc(N)ccc4-c4ccc(N)cc42)c2cc(N)ccc2-3)cc1. The van der Waals surface area contributed by atoms with Crippen LogP contribution in [0, 0.1) is 0 Å². The van der Waals surface area contributed by atoms with E-state index in [1.807, 2.05) is 36.4 Å². The first kappa shape index (κ1) is 21.4. The van der Waals surface area contributed by atoms with E-state index in [0.29, 0.717) is 22.7 Å². The van der Waals surface area contributed by atoms with Crippen molar-refractivity contribution in [3.05, 3.63) is 113 Å². The Morgan fingerprint density at radius 3 is 1.49 bits per heavy atom. The number of methoxy groups -OCH3 is 1. The van der Waals surface area contributed by atoms with Crippen molar-refractivity contribution >= 4 is 22.7 Å². The summed E-state index contributed by atoms with van der Waals surface area (Å²) in [6, 6.07) is 30.6. The average molecular weight is 483 g/mol. The summed E-state index contributed by atoms with van der Waals surface area (Å²) in [6.45, 7) is 0. The van der Waals surface area contributed by atoms with E-state index in [0.717, 1.165) is 61.4 Å². The minimum Gasteiger partial charge on any atom is -0.497 e. The Labute approximate surface area is 215 Å². The zero-order valence-electron chi connectivity index (χ0n) is 20.4. The fraction of sp³-hybridized carbons (Fsp3) is 0.0625. The number of benzene rings is 5. The summed E-state index contributed by atoms with van der Waals surface area (Å²) < 4.78 is 5.43. The van der Waals surface area contributed by atoms with E-state index in [2.05, 4.69) is 54.6 Å². The van der Waals surface area contributed by atoms with Crippen molar-refractivity contribution in [2.75, 3.05) is 30.0 Å². The van der Waals surface area contributed by atoms with E-state index < -0.39 is 5.41 Å². The lowest BCUT2D eigenvalue weighted by atomic mass is 9.68. The van der Waals surface area contributed by atoms with Crippen molar-refractivity contribution < 1.29 is 4.74 Å². The van der Waals surface area contributed by atoms with Crippen molar-refractivity contribution in [3.8, 4) is 39.1 Å². The van der Waals surface area contributed by atoms with Gasteiger partial charge in [-0.3, -0.25) is 0 Å². The van der Waals surface area contributed by atoms with Gasteiger partial charge < -0.3 is 27.7 Å². The number of fused-ring (bicyclic) bond motifs is 10. The molecule has 0 aromatic heterocycles. The maximum atomic E-state index is 6.81. The molecule has 5 nitrogen and oxygen atoms in total. The van der Waals surface area contributed by atoms with Crippen LogP contribution in [0.2, 0.25) is 0 Å². The number of ether oxygens (including phenoxy) is 1. The molecule has 0 saturated heterocycles. The van der Waals surface area contributed by atoms with Gasteiger partial charge in [-0.05, 0) is 105 Å². The fourth-order valence-corrected chi connectivity index (χ4v) is 6.46. The van der Waals surface area contributed by atoms with Crippen LogP contribution in [0.5, 0.6) is 5.75 Å². The van der Waals surface area contributed by atoms with Crippen LogP contribution >= 0.6 is 0 Å². The molecule has 2 aliphatic carbocycles. The standard InChI is InChI=1S/C32H26N4O/c1-37-21-7-2-17(3-8-21)30-29(36)13-12-25-24-11-6-20(35)16-28(24)32(31(25)30)26-14-18(33)4-9-22(26)23-10-5-19(34)15-27(23)32/h2-16H,33-36H2,1H3. The lowest BCUT2D eigenvalue weighted by Crippen LogP contribution is -2.27. The van der Waals surface area contributed by atoms with Gasteiger partial charge in [0.2, 0.25) is 0 Å². The van der Waals surface area contributed by atoms with Gasteiger partial charge in [0.25, 0.3) is 0 Å². The number of nitrogens with two attached hydrogens (primary N) is 4. The molecule has 0 bridgehead atoms. The van der Waals surface area contributed by atoms with Gasteiger partial charge in [0.1, 0.15) is 5.75 Å². The van der Waals surface area contributed by atoms with Crippen LogP contribution in [0.15, 0.2) is 91.0 Å². The van der Waals surface area contributed by atoms with E-state index in [4.69, 9.17) is 27.7 Å². The first-order valence-corrected chi connectivity index (χ1v) is 12.2. The number of anilines is 4. The zero-order chi connectivity index (χ0) is 25.5. The molecule has 8 N–H and O–H groups in total.